The molecule has 3 heteroatoms. The van der Waals surface area contributed by atoms with E-state index in [4.69, 9.17) is 0 Å². The minimum atomic E-state index is 0. The van der Waals surface area contributed by atoms with Crippen molar-refractivity contribution < 1.29 is 42.0 Å². The summed E-state index contributed by atoms with van der Waals surface area (Å²) in [6.07, 6.45) is 5.60. The molecule has 153 valence electrons. The van der Waals surface area contributed by atoms with Gasteiger partial charge in [-0.25, -0.2) is 0 Å². The van der Waals surface area contributed by atoms with Crippen molar-refractivity contribution in [2.75, 3.05) is 19.6 Å². The Morgan fingerprint density at radius 1 is 0.833 bits per heavy atom. The number of hydrogen-bond acceptors (Lipinski definition) is 1. The fraction of sp³-hybridized carbons (Fsp3) is 0.370. The van der Waals surface area contributed by atoms with Gasteiger partial charge in [0.25, 0.3) is 0 Å². The quantitative estimate of drug-likeness (QED) is 0.409. The topological polar surface area (TPSA) is 17.1 Å². The number of ketones is 1. The second-order valence-corrected chi connectivity index (χ2v) is 8.80. The summed E-state index contributed by atoms with van der Waals surface area (Å²) >= 11 is 0. The minimum Gasteiger partial charge on any atom is -0.314 e. The average molecular weight is 475 g/mol. The van der Waals surface area contributed by atoms with Crippen molar-refractivity contribution in [1.29, 1.82) is 0 Å². The molecule has 1 fully saturated rings. The Hall–Kier alpha value is -1.35. The van der Waals surface area contributed by atoms with Crippen LogP contribution in [0.3, 0.4) is 0 Å². The van der Waals surface area contributed by atoms with E-state index in [0.717, 1.165) is 24.1 Å². The van der Waals surface area contributed by atoms with Crippen LogP contribution in [-0.4, -0.2) is 29.9 Å². The molecule has 0 spiro atoms. The minimum absolute atomic E-state index is 0. The van der Waals surface area contributed by atoms with Crippen molar-refractivity contribution in [2.45, 2.75) is 45.6 Å². The maximum absolute atomic E-state index is 13.4. The molecule has 0 unspecified atom stereocenters. The van der Waals surface area contributed by atoms with Crippen molar-refractivity contribution in [3.05, 3.63) is 83.4 Å². The van der Waals surface area contributed by atoms with Crippen LogP contribution in [-0.2, 0) is 50.5 Å². The van der Waals surface area contributed by atoms with Crippen LogP contribution in [0.15, 0.2) is 66.7 Å². The third kappa shape index (κ3) is 5.66. The Morgan fingerprint density at radius 2 is 1.50 bits per heavy atom. The Labute approximate surface area is 206 Å². The van der Waals surface area contributed by atoms with E-state index < -0.39 is 0 Å². The van der Waals surface area contributed by atoms with Crippen LogP contribution < -0.4 is 0 Å². The predicted molar refractivity (Wildman–Crippen MR) is 121 cm³/mol. The molecule has 1 aliphatic rings. The first-order valence-electron chi connectivity index (χ1n) is 11.0. The fourth-order valence-electron chi connectivity index (χ4n) is 5.01. The van der Waals surface area contributed by atoms with Gasteiger partial charge in [-0.2, -0.15) is 0 Å². The van der Waals surface area contributed by atoms with Crippen molar-refractivity contribution in [2.24, 2.45) is 0 Å². The number of Topliss-reactive ketones (excluding diaryl/α,β-unsaturated/α-hetero) is 1. The molecule has 0 amide bonds. The molecule has 3 aromatic carbocycles. The molecule has 30 heavy (non-hydrogen) atoms. The fourth-order valence-corrected chi connectivity index (χ4v) is 5.01. The second-order valence-electron chi connectivity index (χ2n) is 8.80. The van der Waals surface area contributed by atoms with Gasteiger partial charge in [-0.05, 0) is 54.5 Å². The van der Waals surface area contributed by atoms with Crippen molar-refractivity contribution in [3.63, 3.8) is 0 Å². The molecule has 4 rings (SSSR count). The summed E-state index contributed by atoms with van der Waals surface area (Å²) in [4.78, 5) is 13.4. The van der Waals surface area contributed by atoms with Crippen LogP contribution in [0.25, 0.3) is 10.8 Å². The summed E-state index contributed by atoms with van der Waals surface area (Å²) in [5.41, 5.74) is 3.78. The Balaban J connectivity index is 0.00000256. The Kier molecular flexibility index (Phi) is 8.39. The van der Waals surface area contributed by atoms with Gasteiger partial charge in [-0.3, -0.25) is 4.79 Å². The summed E-state index contributed by atoms with van der Waals surface area (Å²) in [7, 11) is 0. The summed E-state index contributed by atoms with van der Waals surface area (Å²) in [5.74, 6) is 0.377. The van der Waals surface area contributed by atoms with Crippen molar-refractivity contribution >= 4 is 16.6 Å². The van der Waals surface area contributed by atoms with E-state index in [-0.39, 0.29) is 32.7 Å². The summed E-state index contributed by atoms with van der Waals surface area (Å²) in [6, 6.07) is 23.5. The average Bonchev–Trinajstić information content (AvgIpc) is 2.96. The summed E-state index contributed by atoms with van der Waals surface area (Å²) < 4.78 is 0.923. The molecule has 0 aliphatic carbocycles. The summed E-state index contributed by atoms with van der Waals surface area (Å²) in [6.45, 7) is 6.00. The number of hydrogen-bond donors (Lipinski definition) is 0. The van der Waals surface area contributed by atoms with E-state index in [9.17, 15) is 4.79 Å². The van der Waals surface area contributed by atoms with Gasteiger partial charge in [0, 0.05) is 44.7 Å². The maximum Gasteiger partial charge on any atom is 0.191 e. The van der Waals surface area contributed by atoms with Gasteiger partial charge in [0.2, 0.25) is 0 Å². The van der Waals surface area contributed by atoms with E-state index in [0.29, 0.717) is 18.7 Å². The van der Waals surface area contributed by atoms with E-state index in [2.05, 4.69) is 73.7 Å². The van der Waals surface area contributed by atoms with E-state index in [1.165, 1.54) is 53.1 Å². The predicted octanol–water partition coefficient (Wildman–Crippen LogP) is 5.85. The number of carbonyl (C=O) groups excluding carboxylic acids is 1. The number of quaternary nitrogens is 1. The largest absolute Gasteiger partial charge is 0.314 e. The van der Waals surface area contributed by atoms with Gasteiger partial charge in [-0.15, -0.1) is 0 Å². The third-order valence-corrected chi connectivity index (χ3v) is 6.54. The number of fused-ring (bicyclic) bond motifs is 1. The first-order chi connectivity index (χ1) is 14.2. The van der Waals surface area contributed by atoms with E-state index in [1.54, 1.807) is 0 Å². The third-order valence-electron chi connectivity index (χ3n) is 6.54. The normalized spacial score (nSPS) is 15.9. The molecule has 0 aromatic heterocycles. The number of rotatable bonds is 6. The smallest absolute Gasteiger partial charge is 0.191 e. The molecule has 0 atom stereocenters. The standard InChI is InChI=1S/C27H32NO.Y/c1-22-15-16-24-13-7-8-14-26(24)27(22)19-25(29)21-28(17-9-2-3-10-18-28)20-23-11-5-4-6-12-23;/h4-8,11-16H,2-3,9-10,17-21H2,1H3;/q+1;. The van der Waals surface area contributed by atoms with Crippen molar-refractivity contribution in [1.82, 2.24) is 0 Å². The van der Waals surface area contributed by atoms with E-state index in [1.807, 2.05) is 0 Å². The van der Waals surface area contributed by atoms with Crippen molar-refractivity contribution in [3.8, 4) is 0 Å². The first kappa shape index (κ1) is 23.3. The zero-order chi connectivity index (χ0) is 20.1. The molecular weight excluding hydrogens is 443 g/mol. The molecule has 3 aromatic rings. The molecule has 0 saturated carbocycles. The van der Waals surface area contributed by atoms with Crippen LogP contribution in [0, 0.1) is 6.92 Å². The second kappa shape index (κ2) is 10.8. The number of likely N-dealkylation sites (tertiary alicyclic amines) is 1. The molecular formula is C27H32NOY+. The molecule has 1 aliphatic heterocycles. The molecule has 0 bridgehead atoms. The van der Waals surface area contributed by atoms with Gasteiger partial charge in [-0.1, -0.05) is 66.7 Å². The SMILES string of the molecule is Cc1ccc2ccccc2c1CC(=O)C[N+]1(Cc2ccccc2)CCCCCC1.[Y]. The summed E-state index contributed by atoms with van der Waals surface area (Å²) in [5, 5.41) is 2.45. The van der Waals surface area contributed by atoms with Crippen LogP contribution in [0.1, 0.15) is 42.4 Å². The first-order valence-corrected chi connectivity index (χ1v) is 11.0. The number of benzene rings is 3. The van der Waals surface area contributed by atoms with Crippen LogP contribution in [0.5, 0.6) is 0 Å². The Morgan fingerprint density at radius 3 is 2.23 bits per heavy atom. The van der Waals surface area contributed by atoms with Gasteiger partial charge < -0.3 is 4.48 Å². The molecule has 2 nitrogen and oxygen atoms in total. The zero-order valence-electron chi connectivity index (χ0n) is 18.1. The number of nitrogens with zero attached hydrogens (tertiary/aromatic N) is 1. The van der Waals surface area contributed by atoms with Gasteiger partial charge in [0.1, 0.15) is 13.1 Å². The molecule has 0 N–H and O–H groups in total. The van der Waals surface area contributed by atoms with E-state index >= 15 is 0 Å². The number of aryl methyl sites for hydroxylation is 1. The number of carbonyl (C=O) groups is 1. The van der Waals surface area contributed by atoms with Gasteiger partial charge in [0.15, 0.2) is 5.78 Å². The zero-order valence-corrected chi connectivity index (χ0v) is 21.0. The molecule has 1 saturated heterocycles. The maximum atomic E-state index is 13.4. The Bertz CT molecular complexity index is 975. The molecule has 1 radical (unpaired) electrons. The monoisotopic (exact) mass is 475 g/mol. The van der Waals surface area contributed by atoms with Crippen LogP contribution in [0.4, 0.5) is 0 Å². The van der Waals surface area contributed by atoms with Crippen LogP contribution in [0.2, 0.25) is 0 Å². The van der Waals surface area contributed by atoms with Crippen LogP contribution >= 0.6 is 0 Å². The molecule has 1 heterocycles. The van der Waals surface area contributed by atoms with Gasteiger partial charge >= 0.3 is 0 Å². The van der Waals surface area contributed by atoms with Gasteiger partial charge in [0.05, 0.1) is 13.1 Å².